The summed E-state index contributed by atoms with van der Waals surface area (Å²) in [4.78, 5) is 4.78. The van der Waals surface area contributed by atoms with Gasteiger partial charge >= 0.3 is 0 Å². The van der Waals surface area contributed by atoms with E-state index in [2.05, 4.69) is 53.3 Å². The summed E-state index contributed by atoms with van der Waals surface area (Å²) in [7, 11) is 0. The van der Waals surface area contributed by atoms with Gasteiger partial charge in [-0.25, -0.2) is 0 Å². The number of fused-ring (bicyclic) bond motifs is 2. The van der Waals surface area contributed by atoms with Crippen molar-refractivity contribution in [1.29, 1.82) is 0 Å². The molecule has 20 heavy (non-hydrogen) atoms. The molecule has 11 rings (SSSR count). The molecule has 0 radical (unpaired) electrons. The molecule has 2 unspecified atom stereocenters. The summed E-state index contributed by atoms with van der Waals surface area (Å²) >= 11 is 3.80. The first kappa shape index (κ1) is 8.33. The minimum absolute atomic E-state index is 0.638. The number of pyridine rings is 1. The van der Waals surface area contributed by atoms with Gasteiger partial charge in [-0.3, -0.25) is 4.98 Å². The van der Waals surface area contributed by atoms with Crippen LogP contribution >= 0.6 is 15.9 Å². The molecular weight excluding hydrogens is 310 g/mol. The molecule has 1 aromatic heterocycles. The smallest absolute Gasteiger partial charge is 0.0713 e. The molecular formula is C18H8BrN. The van der Waals surface area contributed by atoms with Gasteiger partial charge in [-0.2, -0.15) is 0 Å². The van der Waals surface area contributed by atoms with Crippen LogP contribution < -0.4 is 0 Å². The second kappa shape index (κ2) is 1.46. The summed E-state index contributed by atoms with van der Waals surface area (Å²) < 4.78 is 1.23. The Balaban J connectivity index is 1.55. The van der Waals surface area contributed by atoms with Gasteiger partial charge in [0, 0.05) is 48.7 Å². The van der Waals surface area contributed by atoms with Gasteiger partial charge in [0.2, 0.25) is 0 Å². The van der Waals surface area contributed by atoms with Gasteiger partial charge in [-0.1, -0.05) is 22.0 Å². The third-order valence-corrected chi connectivity index (χ3v) is 9.66. The summed E-state index contributed by atoms with van der Waals surface area (Å²) in [6, 6.07) is 9.40. The van der Waals surface area contributed by atoms with E-state index in [-0.39, 0.29) is 0 Å². The number of rotatable bonds is 0. The fourth-order valence-electron chi connectivity index (χ4n) is 9.44. The van der Waals surface area contributed by atoms with E-state index in [1.165, 1.54) is 15.6 Å². The zero-order chi connectivity index (χ0) is 12.7. The van der Waals surface area contributed by atoms with Gasteiger partial charge in [0.05, 0.1) is 5.69 Å². The maximum atomic E-state index is 4.78. The van der Waals surface area contributed by atoms with E-state index >= 15 is 0 Å². The van der Waals surface area contributed by atoms with Crippen LogP contribution in [0.3, 0.4) is 0 Å². The predicted molar refractivity (Wildman–Crippen MR) is 75.2 cm³/mol. The number of hydrogen-bond donors (Lipinski definition) is 0. The van der Waals surface area contributed by atoms with Crippen LogP contribution in [0.5, 0.6) is 0 Å². The van der Waals surface area contributed by atoms with Gasteiger partial charge in [-0.05, 0) is 41.8 Å². The number of benzene rings is 1. The summed E-state index contributed by atoms with van der Waals surface area (Å²) in [5.74, 6) is 0. The highest BCUT2D eigenvalue weighted by Crippen LogP contribution is 3.77. The molecule has 0 saturated heterocycles. The predicted octanol–water partition coefficient (Wildman–Crippen LogP) is 3.34. The minimum atomic E-state index is 0.638. The summed E-state index contributed by atoms with van der Waals surface area (Å²) in [6.45, 7) is 2.30. The topological polar surface area (TPSA) is 12.9 Å². The monoisotopic (exact) mass is 317 g/mol. The Hall–Kier alpha value is -1.15. The Bertz CT molecular complexity index is 1030. The SMILES string of the molecule is Cc1cc2c(Br)cc1C13C45C6(c7ccc-2nc7)C12C64C352. The zero-order valence-electron chi connectivity index (χ0n) is 10.7. The molecule has 9 aliphatic rings. The molecule has 6 fully saturated rings. The van der Waals surface area contributed by atoms with Crippen molar-refractivity contribution in [1.82, 2.24) is 4.98 Å². The van der Waals surface area contributed by atoms with Crippen molar-refractivity contribution < 1.29 is 0 Å². The number of nitrogens with zero attached hydrogens (tertiary/aromatic N) is 1. The van der Waals surface area contributed by atoms with Gasteiger partial charge in [0.25, 0.3) is 0 Å². The second-order valence-corrected chi connectivity index (χ2v) is 8.93. The lowest BCUT2D eigenvalue weighted by Crippen LogP contribution is -2.45. The van der Waals surface area contributed by atoms with Gasteiger partial charge in [0.1, 0.15) is 0 Å². The first-order valence-electron chi connectivity index (χ1n) is 7.52. The molecule has 0 N–H and O–H groups in total. The van der Waals surface area contributed by atoms with Crippen LogP contribution in [0.2, 0.25) is 0 Å². The molecule has 4 bridgehead atoms. The van der Waals surface area contributed by atoms with Crippen LogP contribution in [0, 0.1) is 28.6 Å². The number of hydrogen-bond acceptors (Lipinski definition) is 1. The van der Waals surface area contributed by atoms with Gasteiger partial charge in [0.15, 0.2) is 0 Å². The number of aryl methyl sites for hydroxylation is 1. The standard InChI is InChI=1S/C18H8BrN/c1-7-4-9-11(19)5-10(7)14-15-13(8-2-3-12(9)20-6-8)16(14)17(13,15)18(14,15)16/h2-6H,1H3. The number of halogens is 1. The first-order valence-corrected chi connectivity index (χ1v) is 8.32. The Morgan fingerprint density at radius 3 is 2.55 bits per heavy atom. The van der Waals surface area contributed by atoms with E-state index in [0.29, 0.717) is 10.8 Å². The molecule has 2 atom stereocenters. The Morgan fingerprint density at radius 2 is 1.80 bits per heavy atom. The van der Waals surface area contributed by atoms with Crippen molar-refractivity contribution in [2.45, 2.75) is 17.8 Å². The van der Waals surface area contributed by atoms with Crippen molar-refractivity contribution in [3.05, 3.63) is 51.6 Å². The van der Waals surface area contributed by atoms with Crippen LogP contribution in [0.1, 0.15) is 16.7 Å². The lowest BCUT2D eigenvalue weighted by Gasteiger charge is -2.43. The number of aromatic nitrogens is 1. The van der Waals surface area contributed by atoms with Crippen LogP contribution in [0.15, 0.2) is 34.9 Å². The zero-order valence-corrected chi connectivity index (χ0v) is 12.3. The normalized spacial score (nSPS) is 65.7. The van der Waals surface area contributed by atoms with Crippen molar-refractivity contribution >= 4 is 15.9 Å². The largest absolute Gasteiger partial charge is 0.256 e. The molecule has 1 nitrogen and oxygen atoms in total. The molecule has 2 aromatic rings. The molecule has 1 aliphatic heterocycles. The molecule has 0 amide bonds. The van der Waals surface area contributed by atoms with Crippen LogP contribution in [-0.2, 0) is 10.8 Å². The summed E-state index contributed by atoms with van der Waals surface area (Å²) in [5.41, 5.74) is 11.5. The van der Waals surface area contributed by atoms with Crippen molar-refractivity contribution in [3.8, 4) is 11.3 Å². The maximum absolute atomic E-state index is 4.78. The Kier molecular flexibility index (Phi) is 0.610. The van der Waals surface area contributed by atoms with Crippen molar-refractivity contribution in [2.75, 3.05) is 0 Å². The molecule has 6 spiro atoms. The molecule has 92 valence electrons. The van der Waals surface area contributed by atoms with E-state index in [1.54, 1.807) is 11.1 Å². The molecule has 8 aliphatic carbocycles. The highest BCUT2D eigenvalue weighted by molar-refractivity contribution is 9.10. The molecule has 1 aromatic carbocycles. The average Bonchev–Trinajstić information content (AvgIpc) is 3.30. The fourth-order valence-corrected chi connectivity index (χ4v) is 9.98. The molecule has 6 saturated carbocycles. The highest BCUT2D eigenvalue weighted by Gasteiger charge is 3.80. The maximum Gasteiger partial charge on any atom is 0.0713 e. The lowest BCUT2D eigenvalue weighted by atomic mass is 9.58. The third-order valence-electron chi connectivity index (χ3n) is 9.00. The summed E-state index contributed by atoms with van der Waals surface area (Å²) in [5, 5.41) is 0. The van der Waals surface area contributed by atoms with Crippen LogP contribution in [0.4, 0.5) is 0 Å². The first-order chi connectivity index (χ1) is 9.75. The van der Waals surface area contributed by atoms with Crippen molar-refractivity contribution in [3.63, 3.8) is 0 Å². The van der Waals surface area contributed by atoms with E-state index in [1.807, 2.05) is 0 Å². The van der Waals surface area contributed by atoms with Gasteiger partial charge < -0.3 is 0 Å². The third kappa shape index (κ3) is 0.259. The van der Waals surface area contributed by atoms with Crippen LogP contribution in [0.25, 0.3) is 11.3 Å². The average molecular weight is 318 g/mol. The van der Waals surface area contributed by atoms with Crippen molar-refractivity contribution in [2.24, 2.45) is 21.7 Å². The highest BCUT2D eigenvalue weighted by atomic mass is 79.9. The van der Waals surface area contributed by atoms with E-state index in [4.69, 9.17) is 4.98 Å². The lowest BCUT2D eigenvalue weighted by molar-refractivity contribution is 0.138. The Morgan fingerprint density at radius 1 is 1.00 bits per heavy atom. The molecule has 2 heterocycles. The van der Waals surface area contributed by atoms with E-state index in [0.717, 1.165) is 27.4 Å². The minimum Gasteiger partial charge on any atom is -0.256 e. The summed E-state index contributed by atoms with van der Waals surface area (Å²) in [6.07, 6.45) is 2.19. The fraction of sp³-hybridized carbons (Fsp3) is 0.389. The van der Waals surface area contributed by atoms with E-state index < -0.39 is 0 Å². The molecule has 2 heteroatoms. The quantitative estimate of drug-likeness (QED) is 0.726. The van der Waals surface area contributed by atoms with Gasteiger partial charge in [-0.15, -0.1) is 0 Å². The van der Waals surface area contributed by atoms with Crippen LogP contribution in [-0.4, -0.2) is 4.98 Å². The second-order valence-electron chi connectivity index (χ2n) is 8.08. The van der Waals surface area contributed by atoms with E-state index in [9.17, 15) is 0 Å². The Labute approximate surface area is 123 Å².